The quantitative estimate of drug-likeness (QED) is 0.449. The van der Waals surface area contributed by atoms with Crippen molar-refractivity contribution in [2.45, 2.75) is 6.04 Å². The van der Waals surface area contributed by atoms with Crippen molar-refractivity contribution in [2.24, 2.45) is 5.73 Å². The van der Waals surface area contributed by atoms with Gasteiger partial charge in [0.15, 0.2) is 0 Å². The van der Waals surface area contributed by atoms with E-state index in [0.717, 1.165) is 6.26 Å². The summed E-state index contributed by atoms with van der Waals surface area (Å²) in [6.45, 7) is 3.32. The normalized spacial score (nSPS) is 14.6. The Bertz CT molecular complexity index is 197. The summed E-state index contributed by atoms with van der Waals surface area (Å²) in [6, 6.07) is -0.422. The van der Waals surface area contributed by atoms with Crippen LogP contribution in [0.4, 0.5) is 0 Å². The van der Waals surface area contributed by atoms with Crippen molar-refractivity contribution in [1.82, 2.24) is 0 Å². The zero-order chi connectivity index (χ0) is 8.20. The van der Waals surface area contributed by atoms with Crippen molar-refractivity contribution in [2.75, 3.05) is 12.9 Å². The Morgan fingerprint density at radius 3 is 2.60 bits per heavy atom. The molecule has 0 amide bonds. The van der Waals surface area contributed by atoms with Crippen LogP contribution < -0.4 is 5.73 Å². The van der Waals surface area contributed by atoms with Gasteiger partial charge in [-0.3, -0.25) is 4.18 Å². The molecule has 0 aromatic heterocycles. The van der Waals surface area contributed by atoms with Crippen molar-refractivity contribution < 1.29 is 12.6 Å². The summed E-state index contributed by atoms with van der Waals surface area (Å²) in [5.74, 6) is 0. The Morgan fingerprint density at radius 1 is 1.80 bits per heavy atom. The predicted octanol–water partition coefficient (Wildman–Crippen LogP) is -0.524. The highest BCUT2D eigenvalue weighted by molar-refractivity contribution is 7.85. The van der Waals surface area contributed by atoms with E-state index in [1.807, 2.05) is 0 Å². The van der Waals surface area contributed by atoms with Crippen LogP contribution in [0.2, 0.25) is 0 Å². The van der Waals surface area contributed by atoms with Crippen LogP contribution in [-0.4, -0.2) is 27.3 Å². The zero-order valence-corrected chi connectivity index (χ0v) is 6.60. The molecule has 2 N–H and O–H groups in total. The van der Waals surface area contributed by atoms with Crippen LogP contribution in [0.1, 0.15) is 0 Å². The van der Waals surface area contributed by atoms with Gasteiger partial charge in [-0.25, -0.2) is 0 Å². The molecule has 0 rings (SSSR count). The predicted molar refractivity (Wildman–Crippen MR) is 39.0 cm³/mol. The van der Waals surface area contributed by atoms with Crippen LogP contribution >= 0.6 is 0 Å². The van der Waals surface area contributed by atoms with E-state index in [1.54, 1.807) is 0 Å². The molecule has 0 aromatic carbocycles. The molecule has 0 aliphatic rings. The van der Waals surface area contributed by atoms with Crippen molar-refractivity contribution in [3.8, 4) is 0 Å². The van der Waals surface area contributed by atoms with Gasteiger partial charge in [0, 0.05) is 6.04 Å². The first-order valence-electron chi connectivity index (χ1n) is 2.68. The fourth-order valence-corrected chi connectivity index (χ4v) is 0.675. The highest BCUT2D eigenvalue weighted by Gasteiger charge is 2.03. The summed E-state index contributed by atoms with van der Waals surface area (Å²) in [7, 11) is -3.36. The topological polar surface area (TPSA) is 69.4 Å². The van der Waals surface area contributed by atoms with E-state index in [1.165, 1.54) is 6.08 Å². The molecule has 4 nitrogen and oxygen atoms in total. The lowest BCUT2D eigenvalue weighted by atomic mass is 10.3. The molecule has 0 aromatic rings. The second kappa shape index (κ2) is 3.70. The third kappa shape index (κ3) is 5.74. The molecule has 10 heavy (non-hydrogen) atoms. The molecular formula is C5H11NO3S. The molecule has 1 unspecified atom stereocenters. The first kappa shape index (κ1) is 9.61. The van der Waals surface area contributed by atoms with Gasteiger partial charge in [0.2, 0.25) is 0 Å². The maximum atomic E-state index is 10.3. The largest absolute Gasteiger partial charge is 0.323 e. The van der Waals surface area contributed by atoms with Gasteiger partial charge in [-0.2, -0.15) is 8.42 Å². The standard InChI is InChI=1S/C5H11NO3S/c1-3-5(6)4-9-10(2,7)8/h3,5H,1,4,6H2,2H3. The SMILES string of the molecule is C=CC(N)COS(C)(=O)=O. The number of nitrogens with two attached hydrogens (primary N) is 1. The zero-order valence-electron chi connectivity index (χ0n) is 5.78. The van der Waals surface area contributed by atoms with Crippen LogP contribution in [0.25, 0.3) is 0 Å². The average molecular weight is 165 g/mol. The number of hydrogen-bond acceptors (Lipinski definition) is 4. The van der Waals surface area contributed by atoms with Crippen LogP contribution in [-0.2, 0) is 14.3 Å². The Hall–Kier alpha value is -0.390. The third-order valence-electron chi connectivity index (χ3n) is 0.777. The molecule has 0 spiro atoms. The number of rotatable bonds is 4. The molecular weight excluding hydrogens is 154 g/mol. The van der Waals surface area contributed by atoms with E-state index in [0.29, 0.717) is 0 Å². The Balaban J connectivity index is 3.66. The monoisotopic (exact) mass is 165 g/mol. The lowest BCUT2D eigenvalue weighted by Crippen LogP contribution is -2.24. The fraction of sp³-hybridized carbons (Fsp3) is 0.600. The van der Waals surface area contributed by atoms with Gasteiger partial charge in [-0.05, 0) is 0 Å². The first-order chi connectivity index (χ1) is 4.45. The van der Waals surface area contributed by atoms with E-state index < -0.39 is 16.2 Å². The maximum absolute atomic E-state index is 10.3. The van der Waals surface area contributed by atoms with E-state index in [9.17, 15) is 8.42 Å². The van der Waals surface area contributed by atoms with Crippen LogP contribution in [0.5, 0.6) is 0 Å². The lowest BCUT2D eigenvalue weighted by Gasteiger charge is -2.03. The summed E-state index contributed by atoms with van der Waals surface area (Å²) >= 11 is 0. The van der Waals surface area contributed by atoms with Crippen molar-refractivity contribution in [1.29, 1.82) is 0 Å². The smallest absolute Gasteiger partial charge is 0.264 e. The molecule has 5 heteroatoms. The summed E-state index contributed by atoms with van der Waals surface area (Å²) in [5, 5.41) is 0. The lowest BCUT2D eigenvalue weighted by molar-refractivity contribution is 0.311. The number of hydrogen-bond donors (Lipinski definition) is 1. The molecule has 0 aliphatic carbocycles. The molecule has 60 valence electrons. The van der Waals surface area contributed by atoms with Crippen LogP contribution in [0.15, 0.2) is 12.7 Å². The highest BCUT2D eigenvalue weighted by atomic mass is 32.2. The van der Waals surface area contributed by atoms with E-state index in [2.05, 4.69) is 10.8 Å². The fourth-order valence-electron chi connectivity index (χ4n) is 0.270. The molecule has 0 fully saturated rings. The first-order valence-corrected chi connectivity index (χ1v) is 4.50. The summed E-state index contributed by atoms with van der Waals surface area (Å²) in [6.07, 6.45) is 2.40. The van der Waals surface area contributed by atoms with E-state index in [-0.39, 0.29) is 6.61 Å². The molecule has 0 heterocycles. The minimum atomic E-state index is -3.36. The average Bonchev–Trinajstić information content (AvgIpc) is 1.81. The Labute approximate surface area is 60.8 Å². The van der Waals surface area contributed by atoms with Crippen LogP contribution in [0, 0.1) is 0 Å². The van der Waals surface area contributed by atoms with E-state index in [4.69, 9.17) is 5.73 Å². The minimum Gasteiger partial charge on any atom is -0.323 e. The van der Waals surface area contributed by atoms with Gasteiger partial charge < -0.3 is 5.73 Å². The molecule has 0 bridgehead atoms. The summed E-state index contributed by atoms with van der Waals surface area (Å²) in [4.78, 5) is 0. The van der Waals surface area contributed by atoms with Gasteiger partial charge in [0.05, 0.1) is 12.9 Å². The van der Waals surface area contributed by atoms with Crippen molar-refractivity contribution in [3.05, 3.63) is 12.7 Å². The molecule has 0 radical (unpaired) electrons. The van der Waals surface area contributed by atoms with Crippen molar-refractivity contribution in [3.63, 3.8) is 0 Å². The van der Waals surface area contributed by atoms with E-state index >= 15 is 0 Å². The summed E-state index contributed by atoms with van der Waals surface area (Å²) in [5.41, 5.74) is 5.27. The van der Waals surface area contributed by atoms with Gasteiger partial charge in [-0.15, -0.1) is 6.58 Å². The maximum Gasteiger partial charge on any atom is 0.264 e. The second-order valence-corrected chi connectivity index (χ2v) is 3.53. The Kier molecular flexibility index (Phi) is 3.55. The Morgan fingerprint density at radius 2 is 2.30 bits per heavy atom. The highest BCUT2D eigenvalue weighted by Crippen LogP contribution is 1.88. The van der Waals surface area contributed by atoms with Crippen molar-refractivity contribution >= 4 is 10.1 Å². The van der Waals surface area contributed by atoms with Gasteiger partial charge in [0.25, 0.3) is 10.1 Å². The minimum absolute atomic E-state index is 0.0394. The summed E-state index contributed by atoms with van der Waals surface area (Å²) < 4.78 is 25.0. The molecule has 0 aliphatic heterocycles. The van der Waals surface area contributed by atoms with Gasteiger partial charge in [-0.1, -0.05) is 6.08 Å². The molecule has 0 saturated heterocycles. The molecule has 0 saturated carbocycles. The second-order valence-electron chi connectivity index (χ2n) is 1.89. The van der Waals surface area contributed by atoms with Gasteiger partial charge >= 0.3 is 0 Å². The van der Waals surface area contributed by atoms with Crippen LogP contribution in [0.3, 0.4) is 0 Å². The van der Waals surface area contributed by atoms with Gasteiger partial charge in [0.1, 0.15) is 0 Å². The third-order valence-corrected chi connectivity index (χ3v) is 1.34. The molecule has 1 atom stereocenters.